The maximum absolute atomic E-state index is 3.59. The zero-order valence-corrected chi connectivity index (χ0v) is 7.27. The monoisotopic (exact) mass is 154 g/mol. The summed E-state index contributed by atoms with van der Waals surface area (Å²) in [5.74, 6) is 0.934. The predicted octanol–water partition coefficient (Wildman–Crippen LogP) is 0.736. The SMILES string of the molecule is C[C@H]1CC[C@@H]2NCCN[C@@H]2C1. The lowest BCUT2D eigenvalue weighted by molar-refractivity contribution is 0.210. The highest BCUT2D eigenvalue weighted by Gasteiger charge is 2.29. The highest BCUT2D eigenvalue weighted by Crippen LogP contribution is 2.24. The molecule has 2 heteroatoms. The van der Waals surface area contributed by atoms with Gasteiger partial charge in [0.1, 0.15) is 0 Å². The Labute approximate surface area is 68.7 Å². The molecule has 0 aromatic heterocycles. The molecule has 2 nitrogen and oxygen atoms in total. The van der Waals surface area contributed by atoms with Gasteiger partial charge in [0.25, 0.3) is 0 Å². The molecule has 3 atom stereocenters. The van der Waals surface area contributed by atoms with E-state index in [0.29, 0.717) is 0 Å². The molecule has 64 valence electrons. The van der Waals surface area contributed by atoms with Crippen molar-refractivity contribution in [1.29, 1.82) is 0 Å². The summed E-state index contributed by atoms with van der Waals surface area (Å²) in [7, 11) is 0. The van der Waals surface area contributed by atoms with E-state index in [2.05, 4.69) is 17.6 Å². The second-order valence-electron chi connectivity index (χ2n) is 4.04. The van der Waals surface area contributed by atoms with Crippen molar-refractivity contribution in [3.63, 3.8) is 0 Å². The van der Waals surface area contributed by atoms with Crippen molar-refractivity contribution in [2.24, 2.45) is 5.92 Å². The molecule has 1 heterocycles. The molecule has 1 aliphatic heterocycles. The van der Waals surface area contributed by atoms with Crippen LogP contribution in [0.3, 0.4) is 0 Å². The number of hydrogen-bond acceptors (Lipinski definition) is 2. The zero-order valence-electron chi connectivity index (χ0n) is 7.27. The third-order valence-corrected chi connectivity index (χ3v) is 3.05. The quantitative estimate of drug-likeness (QED) is 0.537. The van der Waals surface area contributed by atoms with Gasteiger partial charge in [-0.2, -0.15) is 0 Å². The van der Waals surface area contributed by atoms with E-state index in [9.17, 15) is 0 Å². The molecule has 2 N–H and O–H groups in total. The summed E-state index contributed by atoms with van der Waals surface area (Å²) in [5.41, 5.74) is 0. The van der Waals surface area contributed by atoms with Crippen molar-refractivity contribution in [1.82, 2.24) is 10.6 Å². The molecule has 0 unspecified atom stereocenters. The van der Waals surface area contributed by atoms with Crippen molar-refractivity contribution >= 4 is 0 Å². The molecular formula is C9H18N2. The summed E-state index contributed by atoms with van der Waals surface area (Å²) in [5, 5.41) is 7.17. The van der Waals surface area contributed by atoms with Crippen LogP contribution in [0.2, 0.25) is 0 Å². The minimum absolute atomic E-state index is 0.771. The molecule has 0 amide bonds. The predicted molar refractivity (Wildman–Crippen MR) is 46.6 cm³/mol. The minimum Gasteiger partial charge on any atom is -0.311 e. The third kappa shape index (κ3) is 1.57. The third-order valence-electron chi connectivity index (χ3n) is 3.05. The van der Waals surface area contributed by atoms with Gasteiger partial charge < -0.3 is 10.6 Å². The van der Waals surface area contributed by atoms with Gasteiger partial charge in [-0.05, 0) is 25.2 Å². The summed E-state index contributed by atoms with van der Waals surface area (Å²) >= 11 is 0. The average Bonchev–Trinajstić information content (AvgIpc) is 2.04. The lowest BCUT2D eigenvalue weighted by Gasteiger charge is -2.39. The summed E-state index contributed by atoms with van der Waals surface area (Å²) in [4.78, 5) is 0. The van der Waals surface area contributed by atoms with Crippen LogP contribution >= 0.6 is 0 Å². The van der Waals surface area contributed by atoms with Crippen molar-refractivity contribution < 1.29 is 0 Å². The molecular weight excluding hydrogens is 136 g/mol. The van der Waals surface area contributed by atoms with Gasteiger partial charge >= 0.3 is 0 Å². The first-order valence-electron chi connectivity index (χ1n) is 4.83. The summed E-state index contributed by atoms with van der Waals surface area (Å²) in [6, 6.07) is 1.55. The smallest absolute Gasteiger partial charge is 0.0224 e. The van der Waals surface area contributed by atoms with E-state index in [1.807, 2.05) is 0 Å². The summed E-state index contributed by atoms with van der Waals surface area (Å²) in [6.45, 7) is 4.69. The fourth-order valence-electron chi connectivity index (χ4n) is 2.37. The molecule has 2 fully saturated rings. The lowest BCUT2D eigenvalue weighted by Crippen LogP contribution is -2.58. The first-order valence-corrected chi connectivity index (χ1v) is 4.83. The summed E-state index contributed by atoms with van der Waals surface area (Å²) in [6.07, 6.45) is 4.16. The number of rotatable bonds is 0. The van der Waals surface area contributed by atoms with Crippen molar-refractivity contribution in [2.75, 3.05) is 13.1 Å². The molecule has 1 aliphatic carbocycles. The number of hydrogen-bond donors (Lipinski definition) is 2. The number of piperazine rings is 1. The van der Waals surface area contributed by atoms with Gasteiger partial charge in [-0.3, -0.25) is 0 Å². The van der Waals surface area contributed by atoms with Crippen LogP contribution in [0.1, 0.15) is 26.2 Å². The Morgan fingerprint density at radius 2 is 1.73 bits per heavy atom. The molecule has 1 saturated heterocycles. The van der Waals surface area contributed by atoms with Crippen LogP contribution < -0.4 is 10.6 Å². The average molecular weight is 154 g/mol. The van der Waals surface area contributed by atoms with E-state index in [1.54, 1.807) is 0 Å². The van der Waals surface area contributed by atoms with Crippen LogP contribution in [0.15, 0.2) is 0 Å². The maximum atomic E-state index is 3.59. The van der Waals surface area contributed by atoms with Crippen molar-refractivity contribution in [2.45, 2.75) is 38.3 Å². The topological polar surface area (TPSA) is 24.1 Å². The van der Waals surface area contributed by atoms with E-state index in [0.717, 1.165) is 31.1 Å². The van der Waals surface area contributed by atoms with Crippen molar-refractivity contribution in [3.8, 4) is 0 Å². The van der Waals surface area contributed by atoms with Gasteiger partial charge in [-0.15, -0.1) is 0 Å². The minimum atomic E-state index is 0.771. The molecule has 2 aliphatic rings. The van der Waals surface area contributed by atoms with Gasteiger partial charge in [0, 0.05) is 25.2 Å². The second-order valence-corrected chi connectivity index (χ2v) is 4.04. The second kappa shape index (κ2) is 3.11. The standard InChI is InChI=1S/C9H18N2/c1-7-2-3-8-9(6-7)11-5-4-10-8/h7-11H,2-6H2,1H3/t7-,8-,9+/m0/s1. The normalized spacial score (nSPS) is 45.0. The highest BCUT2D eigenvalue weighted by molar-refractivity contribution is 4.91. The molecule has 0 aromatic rings. The molecule has 0 radical (unpaired) electrons. The Kier molecular flexibility index (Phi) is 2.14. The summed E-state index contributed by atoms with van der Waals surface area (Å²) < 4.78 is 0. The largest absolute Gasteiger partial charge is 0.311 e. The fourth-order valence-corrected chi connectivity index (χ4v) is 2.37. The van der Waals surface area contributed by atoms with E-state index in [1.165, 1.54) is 19.3 Å². The molecule has 0 bridgehead atoms. The van der Waals surface area contributed by atoms with E-state index in [-0.39, 0.29) is 0 Å². The van der Waals surface area contributed by atoms with E-state index < -0.39 is 0 Å². The fraction of sp³-hybridized carbons (Fsp3) is 1.00. The zero-order chi connectivity index (χ0) is 7.68. The van der Waals surface area contributed by atoms with Crippen LogP contribution in [-0.4, -0.2) is 25.2 Å². The van der Waals surface area contributed by atoms with Gasteiger partial charge in [0.05, 0.1) is 0 Å². The van der Waals surface area contributed by atoms with Crippen LogP contribution in [-0.2, 0) is 0 Å². The van der Waals surface area contributed by atoms with Crippen LogP contribution in [0.5, 0.6) is 0 Å². The highest BCUT2D eigenvalue weighted by atomic mass is 15.1. The van der Waals surface area contributed by atoms with Gasteiger partial charge in [-0.1, -0.05) is 6.92 Å². The van der Waals surface area contributed by atoms with Crippen LogP contribution in [0.25, 0.3) is 0 Å². The number of fused-ring (bicyclic) bond motifs is 1. The molecule has 0 aromatic carbocycles. The Hall–Kier alpha value is -0.0800. The van der Waals surface area contributed by atoms with E-state index in [4.69, 9.17) is 0 Å². The van der Waals surface area contributed by atoms with Gasteiger partial charge in [0.15, 0.2) is 0 Å². The first kappa shape index (κ1) is 7.56. The Morgan fingerprint density at radius 1 is 1.00 bits per heavy atom. The molecule has 11 heavy (non-hydrogen) atoms. The van der Waals surface area contributed by atoms with E-state index >= 15 is 0 Å². The molecule has 0 spiro atoms. The molecule has 2 rings (SSSR count). The number of nitrogens with one attached hydrogen (secondary N) is 2. The Morgan fingerprint density at radius 3 is 2.55 bits per heavy atom. The van der Waals surface area contributed by atoms with Gasteiger partial charge in [0.2, 0.25) is 0 Å². The van der Waals surface area contributed by atoms with Gasteiger partial charge in [-0.25, -0.2) is 0 Å². The Bertz CT molecular complexity index is 136. The Balaban J connectivity index is 1.93. The maximum Gasteiger partial charge on any atom is 0.0224 e. The van der Waals surface area contributed by atoms with Crippen LogP contribution in [0, 0.1) is 5.92 Å². The van der Waals surface area contributed by atoms with Crippen LogP contribution in [0.4, 0.5) is 0 Å². The molecule has 1 saturated carbocycles. The van der Waals surface area contributed by atoms with Crippen molar-refractivity contribution in [3.05, 3.63) is 0 Å². The lowest BCUT2D eigenvalue weighted by atomic mass is 9.82. The first-order chi connectivity index (χ1) is 5.36.